The lowest BCUT2D eigenvalue weighted by Crippen LogP contribution is -2.40. The highest BCUT2D eigenvalue weighted by atomic mass is 19.1. The quantitative estimate of drug-likeness (QED) is 0.0304. The van der Waals surface area contributed by atoms with Gasteiger partial charge in [-0.15, -0.1) is 5.10 Å². The van der Waals surface area contributed by atoms with E-state index < -0.39 is 58.8 Å². The van der Waals surface area contributed by atoms with Crippen molar-refractivity contribution in [3.63, 3.8) is 0 Å². The van der Waals surface area contributed by atoms with Gasteiger partial charge in [0.05, 0.1) is 96.0 Å². The highest BCUT2D eigenvalue weighted by Crippen LogP contribution is 2.51. The Labute approximate surface area is 331 Å². The summed E-state index contributed by atoms with van der Waals surface area (Å²) >= 11 is 0. The molecule has 1 aromatic heterocycles. The zero-order valence-electron chi connectivity index (χ0n) is 31.4. The molecule has 3 aromatic carbocycles. The number of halogens is 1. The van der Waals surface area contributed by atoms with E-state index in [1.54, 1.807) is 6.20 Å². The molecule has 0 saturated heterocycles. The van der Waals surface area contributed by atoms with E-state index >= 15 is 0 Å². The van der Waals surface area contributed by atoms with Crippen LogP contribution >= 0.6 is 0 Å². The van der Waals surface area contributed by atoms with Gasteiger partial charge in [0.1, 0.15) is 34.9 Å². The molecule has 3 atom stereocenters. The van der Waals surface area contributed by atoms with Crippen LogP contribution in [0.15, 0.2) is 48.7 Å². The van der Waals surface area contributed by atoms with Gasteiger partial charge >= 0.3 is 5.97 Å². The number of nitrogens with zero attached hydrogens (tertiary/aromatic N) is 3. The first-order valence-electron chi connectivity index (χ1n) is 18.3. The van der Waals surface area contributed by atoms with Crippen molar-refractivity contribution >= 4 is 5.97 Å². The summed E-state index contributed by atoms with van der Waals surface area (Å²) in [5.74, 6) is -5.85. The van der Waals surface area contributed by atoms with Crippen LogP contribution in [-0.4, -0.2) is 137 Å². The number of aromatic nitrogens is 3. The van der Waals surface area contributed by atoms with Crippen molar-refractivity contribution < 1.29 is 77.7 Å². The van der Waals surface area contributed by atoms with Crippen LogP contribution in [0.3, 0.4) is 0 Å². The van der Waals surface area contributed by atoms with Crippen LogP contribution in [0.25, 0.3) is 0 Å². The fraction of sp³-hybridized carbons (Fsp3) is 0.447. The maximum atomic E-state index is 14.2. The second-order valence-electron chi connectivity index (χ2n) is 12.8. The first kappa shape index (κ1) is 43.6. The molecule has 0 radical (unpaired) electrons. The molecule has 1 aliphatic heterocycles. The van der Waals surface area contributed by atoms with E-state index in [2.05, 4.69) is 10.3 Å². The van der Waals surface area contributed by atoms with Crippen LogP contribution in [0.5, 0.6) is 40.2 Å². The zero-order chi connectivity index (χ0) is 41.4. The average Bonchev–Trinajstić information content (AvgIpc) is 3.63. The Morgan fingerprint density at radius 1 is 0.741 bits per heavy atom. The molecule has 0 saturated carbocycles. The molecule has 8 N–H and O–H groups in total. The van der Waals surface area contributed by atoms with Gasteiger partial charge in [-0.05, 0) is 24.3 Å². The van der Waals surface area contributed by atoms with E-state index in [-0.39, 0.29) is 41.3 Å². The first-order valence-corrected chi connectivity index (χ1v) is 18.3. The number of fused-ring (bicyclic) bond motifs is 1. The average molecular weight is 819 g/mol. The number of benzene rings is 3. The van der Waals surface area contributed by atoms with Crippen LogP contribution in [-0.2, 0) is 46.1 Å². The number of ether oxygens (including phenoxy) is 8. The standard InChI is InChI=1S/C38H47FN4O15/c39-25-15-24(16-27(44)19-25)38(50)58-37-35(23-17-30(47)34(49)31(48)18-23)57-32-21-28(45)20-29(46)33(32)36(37)56-6-3-43-22-26(41-42-43)1-4-51-7-9-53-11-13-55-14-12-54-10-8-52-5-2-40/h15-22,35-37,44-49H,1-14,40H2. The molecule has 0 fully saturated rings. The summed E-state index contributed by atoms with van der Waals surface area (Å²) < 4.78 is 60.9. The Kier molecular flexibility index (Phi) is 16.5. The number of hydrogen-bond donors (Lipinski definition) is 7. The Bertz CT molecular complexity index is 1890. The molecule has 0 aliphatic carbocycles. The maximum Gasteiger partial charge on any atom is 0.338 e. The second-order valence-corrected chi connectivity index (χ2v) is 12.8. The van der Waals surface area contributed by atoms with Gasteiger partial charge in [0.25, 0.3) is 0 Å². The molecule has 0 spiro atoms. The summed E-state index contributed by atoms with van der Waals surface area (Å²) in [6.45, 7) is 4.80. The summed E-state index contributed by atoms with van der Waals surface area (Å²) in [6, 6.07) is 6.90. The Morgan fingerprint density at radius 3 is 1.97 bits per heavy atom. The summed E-state index contributed by atoms with van der Waals surface area (Å²) in [5.41, 5.74) is 5.56. The Balaban J connectivity index is 1.16. The number of carbonyl (C=O) groups is 1. The summed E-state index contributed by atoms with van der Waals surface area (Å²) in [5, 5.41) is 70.1. The van der Waals surface area contributed by atoms with Crippen LogP contribution in [0.2, 0.25) is 0 Å². The predicted molar refractivity (Wildman–Crippen MR) is 197 cm³/mol. The maximum absolute atomic E-state index is 14.2. The van der Waals surface area contributed by atoms with E-state index in [1.165, 1.54) is 10.7 Å². The van der Waals surface area contributed by atoms with Gasteiger partial charge in [0, 0.05) is 42.9 Å². The second kappa shape index (κ2) is 21.9. The smallest absolute Gasteiger partial charge is 0.338 e. The minimum Gasteiger partial charge on any atom is -0.508 e. The van der Waals surface area contributed by atoms with Crippen LogP contribution in [0.1, 0.15) is 39.4 Å². The largest absolute Gasteiger partial charge is 0.508 e. The van der Waals surface area contributed by atoms with Crippen molar-refractivity contribution in [3.8, 4) is 40.2 Å². The molecule has 4 aromatic rings. The van der Waals surface area contributed by atoms with E-state index in [4.69, 9.17) is 43.6 Å². The first-order chi connectivity index (χ1) is 28.0. The van der Waals surface area contributed by atoms with Crippen LogP contribution in [0, 0.1) is 5.82 Å². The molecular weight excluding hydrogens is 771 g/mol. The third kappa shape index (κ3) is 12.5. The third-order valence-corrected chi connectivity index (χ3v) is 8.48. The molecule has 2 heterocycles. The number of phenolic OH excluding ortho intramolecular Hbond substituents is 6. The minimum atomic E-state index is -1.53. The molecule has 3 unspecified atom stereocenters. The molecule has 316 valence electrons. The van der Waals surface area contributed by atoms with Crippen molar-refractivity contribution in [2.75, 3.05) is 79.2 Å². The topological polar surface area (TPSA) is 269 Å². The molecule has 0 amide bonds. The van der Waals surface area contributed by atoms with E-state index in [0.29, 0.717) is 84.7 Å². The fourth-order valence-electron chi connectivity index (χ4n) is 5.82. The molecule has 5 rings (SSSR count). The van der Waals surface area contributed by atoms with Crippen molar-refractivity contribution in [3.05, 3.63) is 76.9 Å². The SMILES string of the molecule is NCCOCCOCCOCCOCCOCCc1cn(CCOC2c3c(O)cc(O)cc3OC(c3cc(O)c(O)c(O)c3)C2OC(=O)c2cc(O)cc(F)c2)nn1. The lowest BCUT2D eigenvalue weighted by Gasteiger charge is -2.39. The lowest BCUT2D eigenvalue weighted by molar-refractivity contribution is -0.112. The highest BCUT2D eigenvalue weighted by molar-refractivity contribution is 5.90. The van der Waals surface area contributed by atoms with Gasteiger partial charge in [-0.25, -0.2) is 13.9 Å². The predicted octanol–water partition coefficient (Wildman–Crippen LogP) is 2.35. The highest BCUT2D eigenvalue weighted by Gasteiger charge is 2.45. The summed E-state index contributed by atoms with van der Waals surface area (Å²) in [6.07, 6.45) is -2.16. The molecule has 20 heteroatoms. The number of hydrogen-bond acceptors (Lipinski definition) is 18. The van der Waals surface area contributed by atoms with Crippen LogP contribution in [0.4, 0.5) is 4.39 Å². The molecule has 0 bridgehead atoms. The number of aromatic hydroxyl groups is 6. The molecule has 58 heavy (non-hydrogen) atoms. The van der Waals surface area contributed by atoms with Crippen molar-refractivity contribution in [1.82, 2.24) is 15.0 Å². The van der Waals surface area contributed by atoms with Gasteiger partial charge in [-0.1, -0.05) is 5.21 Å². The third-order valence-electron chi connectivity index (χ3n) is 8.48. The molecule has 19 nitrogen and oxygen atoms in total. The molecule has 1 aliphatic rings. The number of rotatable bonds is 24. The van der Waals surface area contributed by atoms with Gasteiger partial charge in [0.15, 0.2) is 29.5 Å². The van der Waals surface area contributed by atoms with Crippen molar-refractivity contribution in [1.29, 1.82) is 0 Å². The fourth-order valence-corrected chi connectivity index (χ4v) is 5.82. The minimum absolute atomic E-state index is 0.0168. The van der Waals surface area contributed by atoms with E-state index in [1.807, 2.05) is 0 Å². The van der Waals surface area contributed by atoms with Gasteiger partial charge in [0.2, 0.25) is 0 Å². The normalized spacial score (nSPS) is 16.2. The lowest BCUT2D eigenvalue weighted by atomic mass is 9.90. The van der Waals surface area contributed by atoms with Crippen LogP contribution < -0.4 is 10.5 Å². The van der Waals surface area contributed by atoms with Gasteiger partial charge in [-0.3, -0.25) is 0 Å². The number of nitrogens with two attached hydrogens (primary N) is 1. The number of carbonyl (C=O) groups excluding carboxylic acids is 1. The number of esters is 1. The Hall–Kier alpha value is -5.48. The van der Waals surface area contributed by atoms with E-state index in [0.717, 1.165) is 36.4 Å². The Morgan fingerprint density at radius 2 is 1.34 bits per heavy atom. The van der Waals surface area contributed by atoms with Gasteiger partial charge in [-0.2, -0.15) is 0 Å². The molecular formula is C38H47FN4O15. The zero-order valence-corrected chi connectivity index (χ0v) is 31.4. The van der Waals surface area contributed by atoms with Gasteiger partial charge < -0.3 is 74.3 Å². The monoisotopic (exact) mass is 818 g/mol. The van der Waals surface area contributed by atoms with E-state index in [9.17, 15) is 39.8 Å². The summed E-state index contributed by atoms with van der Waals surface area (Å²) in [7, 11) is 0. The van der Waals surface area contributed by atoms with Crippen molar-refractivity contribution in [2.45, 2.75) is 31.3 Å². The number of phenols is 6. The van der Waals surface area contributed by atoms with Crippen molar-refractivity contribution in [2.24, 2.45) is 5.73 Å². The summed E-state index contributed by atoms with van der Waals surface area (Å²) in [4.78, 5) is 13.4.